The molecule has 0 aliphatic carbocycles. The molecule has 0 fully saturated rings. The van der Waals surface area contributed by atoms with Crippen molar-refractivity contribution in [1.82, 2.24) is 20.1 Å². The van der Waals surface area contributed by atoms with Gasteiger partial charge in [0, 0.05) is 0 Å². The quantitative estimate of drug-likeness (QED) is 0.779. The molecule has 1 heterocycles. The molecule has 0 aliphatic rings. The van der Waals surface area contributed by atoms with Crippen LogP contribution in [0.25, 0.3) is 11.1 Å². The van der Waals surface area contributed by atoms with Gasteiger partial charge in [-0.05, 0) is 23.6 Å². The molecule has 3 aromatic rings. The first-order chi connectivity index (χ1) is 12.2. The SMILES string of the molecule is CC(NC(=O)Cn1cnc(C#N)n1)c1ccc(-c2ccccc2)cc1. The molecule has 124 valence electrons. The number of amides is 1. The summed E-state index contributed by atoms with van der Waals surface area (Å²) in [5.74, 6) is -0.133. The van der Waals surface area contributed by atoms with Crippen LogP contribution in [0.5, 0.6) is 0 Å². The van der Waals surface area contributed by atoms with Crippen LogP contribution >= 0.6 is 0 Å². The van der Waals surface area contributed by atoms with Gasteiger partial charge in [0.1, 0.15) is 18.9 Å². The van der Waals surface area contributed by atoms with E-state index in [0.717, 1.165) is 16.7 Å². The summed E-state index contributed by atoms with van der Waals surface area (Å²) in [6, 6.07) is 19.9. The average molecular weight is 331 g/mol. The van der Waals surface area contributed by atoms with E-state index in [9.17, 15) is 4.79 Å². The highest BCUT2D eigenvalue weighted by molar-refractivity contribution is 5.76. The lowest BCUT2D eigenvalue weighted by Crippen LogP contribution is -2.30. The second-order valence-corrected chi connectivity index (χ2v) is 5.65. The second kappa shape index (κ2) is 7.41. The first kappa shape index (κ1) is 16.4. The van der Waals surface area contributed by atoms with Crippen LogP contribution in [0.3, 0.4) is 0 Å². The fraction of sp³-hybridized carbons (Fsp3) is 0.158. The minimum atomic E-state index is -0.186. The Hall–Kier alpha value is -3.46. The molecule has 3 rings (SSSR count). The first-order valence-corrected chi connectivity index (χ1v) is 7.90. The molecule has 1 aromatic heterocycles. The van der Waals surface area contributed by atoms with Gasteiger partial charge in [-0.1, -0.05) is 54.6 Å². The van der Waals surface area contributed by atoms with E-state index in [-0.39, 0.29) is 24.3 Å². The summed E-state index contributed by atoms with van der Waals surface area (Å²) in [4.78, 5) is 15.9. The Labute approximate surface area is 145 Å². The molecule has 1 unspecified atom stereocenters. The van der Waals surface area contributed by atoms with Gasteiger partial charge in [-0.2, -0.15) is 5.26 Å². The molecule has 1 N–H and O–H groups in total. The summed E-state index contributed by atoms with van der Waals surface area (Å²) in [6.07, 6.45) is 1.37. The van der Waals surface area contributed by atoms with Crippen molar-refractivity contribution < 1.29 is 4.79 Å². The Bertz CT molecular complexity index is 894. The van der Waals surface area contributed by atoms with Gasteiger partial charge in [-0.15, -0.1) is 5.10 Å². The summed E-state index contributed by atoms with van der Waals surface area (Å²) >= 11 is 0. The maximum absolute atomic E-state index is 12.1. The van der Waals surface area contributed by atoms with Crippen molar-refractivity contribution in [1.29, 1.82) is 5.26 Å². The number of hydrogen-bond donors (Lipinski definition) is 1. The molecule has 2 aromatic carbocycles. The Kier molecular flexibility index (Phi) is 4.86. The standard InChI is InChI=1S/C19H17N5O/c1-14(22-19(25)12-24-13-21-18(11-20)23-24)15-7-9-17(10-8-15)16-5-3-2-4-6-16/h2-10,13-14H,12H2,1H3,(H,22,25). The number of rotatable bonds is 5. The van der Waals surface area contributed by atoms with E-state index in [2.05, 4.69) is 27.5 Å². The molecule has 6 heteroatoms. The lowest BCUT2D eigenvalue weighted by Gasteiger charge is -2.15. The number of hydrogen-bond acceptors (Lipinski definition) is 4. The second-order valence-electron chi connectivity index (χ2n) is 5.65. The zero-order valence-corrected chi connectivity index (χ0v) is 13.8. The van der Waals surface area contributed by atoms with Gasteiger partial charge in [0.25, 0.3) is 5.82 Å². The molecular formula is C19H17N5O. The van der Waals surface area contributed by atoms with Crippen LogP contribution in [0.2, 0.25) is 0 Å². The number of aromatic nitrogens is 3. The summed E-state index contributed by atoms with van der Waals surface area (Å²) in [7, 11) is 0. The number of nitriles is 1. The highest BCUT2D eigenvalue weighted by atomic mass is 16.2. The Morgan fingerprint density at radius 1 is 1.16 bits per heavy atom. The van der Waals surface area contributed by atoms with Crippen LogP contribution in [0.15, 0.2) is 60.9 Å². The van der Waals surface area contributed by atoms with Crippen molar-refractivity contribution in [3.63, 3.8) is 0 Å². The van der Waals surface area contributed by atoms with Crippen molar-refractivity contribution in [2.75, 3.05) is 0 Å². The van der Waals surface area contributed by atoms with Crippen LogP contribution in [0.1, 0.15) is 24.4 Å². The highest BCUT2D eigenvalue weighted by Crippen LogP contribution is 2.21. The summed E-state index contributed by atoms with van der Waals surface area (Å²) in [5, 5.41) is 15.5. The Morgan fingerprint density at radius 2 is 1.84 bits per heavy atom. The fourth-order valence-corrected chi connectivity index (χ4v) is 2.53. The average Bonchev–Trinajstić information content (AvgIpc) is 3.10. The lowest BCUT2D eigenvalue weighted by atomic mass is 10.0. The van der Waals surface area contributed by atoms with Crippen LogP contribution < -0.4 is 5.32 Å². The van der Waals surface area contributed by atoms with Gasteiger partial charge in [0.15, 0.2) is 0 Å². The molecule has 0 radical (unpaired) electrons. The molecule has 0 bridgehead atoms. The van der Waals surface area contributed by atoms with Gasteiger partial charge in [0.05, 0.1) is 6.04 Å². The number of benzene rings is 2. The zero-order chi connectivity index (χ0) is 17.6. The molecule has 0 aliphatic heterocycles. The number of carbonyl (C=O) groups excluding carboxylic acids is 1. The van der Waals surface area contributed by atoms with Crippen molar-refractivity contribution in [3.05, 3.63) is 72.3 Å². The Morgan fingerprint density at radius 3 is 2.48 bits per heavy atom. The molecule has 6 nitrogen and oxygen atoms in total. The first-order valence-electron chi connectivity index (χ1n) is 7.90. The van der Waals surface area contributed by atoms with E-state index in [0.29, 0.717) is 0 Å². The molecular weight excluding hydrogens is 314 g/mol. The van der Waals surface area contributed by atoms with Crippen molar-refractivity contribution >= 4 is 5.91 Å². The van der Waals surface area contributed by atoms with Crippen molar-refractivity contribution in [2.45, 2.75) is 19.5 Å². The van der Waals surface area contributed by atoms with E-state index in [4.69, 9.17) is 5.26 Å². The third-order valence-corrected chi connectivity index (χ3v) is 3.84. The maximum Gasteiger partial charge on any atom is 0.252 e. The Balaban J connectivity index is 1.62. The minimum Gasteiger partial charge on any atom is -0.348 e. The largest absolute Gasteiger partial charge is 0.348 e. The smallest absolute Gasteiger partial charge is 0.252 e. The molecule has 0 saturated heterocycles. The van der Waals surface area contributed by atoms with Gasteiger partial charge in [-0.25, -0.2) is 9.67 Å². The predicted octanol–water partition coefficient (Wildman–Crippen LogP) is 2.69. The van der Waals surface area contributed by atoms with Crippen LogP contribution in [-0.2, 0) is 11.3 Å². The minimum absolute atomic E-state index is 0.0289. The summed E-state index contributed by atoms with van der Waals surface area (Å²) in [6.45, 7) is 1.96. The maximum atomic E-state index is 12.1. The third kappa shape index (κ3) is 4.09. The van der Waals surface area contributed by atoms with Crippen LogP contribution in [0.4, 0.5) is 0 Å². The predicted molar refractivity (Wildman–Crippen MR) is 93.2 cm³/mol. The third-order valence-electron chi connectivity index (χ3n) is 3.84. The van der Waals surface area contributed by atoms with Crippen LogP contribution in [0, 0.1) is 11.3 Å². The lowest BCUT2D eigenvalue weighted by molar-refractivity contribution is -0.122. The monoisotopic (exact) mass is 331 g/mol. The number of nitrogens with zero attached hydrogens (tertiary/aromatic N) is 4. The van der Waals surface area contributed by atoms with Crippen LogP contribution in [-0.4, -0.2) is 20.7 Å². The molecule has 25 heavy (non-hydrogen) atoms. The molecule has 1 atom stereocenters. The topological polar surface area (TPSA) is 83.6 Å². The van der Waals surface area contributed by atoms with Gasteiger partial charge >= 0.3 is 0 Å². The number of carbonyl (C=O) groups is 1. The summed E-state index contributed by atoms with van der Waals surface area (Å²) in [5.41, 5.74) is 3.31. The van der Waals surface area contributed by atoms with Gasteiger partial charge in [-0.3, -0.25) is 4.79 Å². The fourth-order valence-electron chi connectivity index (χ4n) is 2.53. The summed E-state index contributed by atoms with van der Waals surface area (Å²) < 4.78 is 1.35. The molecule has 1 amide bonds. The zero-order valence-electron chi connectivity index (χ0n) is 13.8. The number of nitrogens with one attached hydrogen (secondary N) is 1. The normalized spacial score (nSPS) is 11.5. The van der Waals surface area contributed by atoms with Crippen molar-refractivity contribution in [3.8, 4) is 17.2 Å². The van der Waals surface area contributed by atoms with E-state index in [1.165, 1.54) is 11.0 Å². The van der Waals surface area contributed by atoms with Crippen molar-refractivity contribution in [2.24, 2.45) is 0 Å². The van der Waals surface area contributed by atoms with E-state index < -0.39 is 0 Å². The highest BCUT2D eigenvalue weighted by Gasteiger charge is 2.11. The molecule has 0 spiro atoms. The van der Waals surface area contributed by atoms with Gasteiger partial charge in [0.2, 0.25) is 5.91 Å². The molecule has 0 saturated carbocycles. The van der Waals surface area contributed by atoms with E-state index in [1.54, 1.807) is 0 Å². The van der Waals surface area contributed by atoms with E-state index in [1.807, 2.05) is 55.5 Å². The van der Waals surface area contributed by atoms with Gasteiger partial charge < -0.3 is 5.32 Å². The van der Waals surface area contributed by atoms with E-state index >= 15 is 0 Å².